The Hall–Kier alpha value is -3.63. The Morgan fingerprint density at radius 3 is 2.33 bits per heavy atom. The molecule has 0 amide bonds. The van der Waals surface area contributed by atoms with Gasteiger partial charge in [-0.15, -0.1) is 0 Å². The van der Waals surface area contributed by atoms with E-state index < -0.39 is 29.2 Å². The lowest BCUT2D eigenvalue weighted by Gasteiger charge is -2.11. The summed E-state index contributed by atoms with van der Waals surface area (Å²) in [5.74, 6) is -2.96. The maximum atomic E-state index is 13.8. The Morgan fingerprint density at radius 2 is 1.63 bits per heavy atom. The highest BCUT2D eigenvalue weighted by molar-refractivity contribution is 5.78. The van der Waals surface area contributed by atoms with Crippen LogP contribution in [0.15, 0.2) is 42.6 Å². The third-order valence-electron chi connectivity index (χ3n) is 4.26. The van der Waals surface area contributed by atoms with Gasteiger partial charge in [-0.2, -0.15) is 18.2 Å². The lowest BCUT2D eigenvalue weighted by atomic mass is 10.2. The molecule has 0 saturated carbocycles. The van der Waals surface area contributed by atoms with Gasteiger partial charge in [-0.1, -0.05) is 0 Å². The van der Waals surface area contributed by atoms with Crippen molar-refractivity contribution < 1.29 is 26.3 Å². The first kappa shape index (κ1) is 19.7. The first-order chi connectivity index (χ1) is 14.1. The molecular weight excluding hydrogens is 412 g/mol. The molecule has 2 heterocycles. The Kier molecular flexibility index (Phi) is 4.60. The fourth-order valence-corrected chi connectivity index (χ4v) is 2.97. The number of aromatic nitrogens is 4. The summed E-state index contributed by atoms with van der Waals surface area (Å²) in [6.45, 7) is 1.61. The molecule has 5 nitrogen and oxygen atoms in total. The molecule has 30 heavy (non-hydrogen) atoms. The van der Waals surface area contributed by atoms with Crippen LogP contribution in [-0.4, -0.2) is 19.5 Å². The van der Waals surface area contributed by atoms with E-state index in [-0.39, 0.29) is 28.5 Å². The summed E-state index contributed by atoms with van der Waals surface area (Å²) in [4.78, 5) is 12.3. The number of fused-ring (bicyclic) bond motifs is 1. The van der Waals surface area contributed by atoms with Crippen LogP contribution in [0.5, 0.6) is 0 Å². The van der Waals surface area contributed by atoms with Crippen LogP contribution in [0.3, 0.4) is 0 Å². The number of benzene rings is 2. The number of rotatable bonds is 3. The highest BCUT2D eigenvalue weighted by Gasteiger charge is 2.33. The van der Waals surface area contributed by atoms with Gasteiger partial charge in [0.1, 0.15) is 17.5 Å². The van der Waals surface area contributed by atoms with Crippen LogP contribution < -0.4 is 5.32 Å². The van der Waals surface area contributed by atoms with Crippen molar-refractivity contribution in [1.29, 1.82) is 0 Å². The van der Waals surface area contributed by atoms with E-state index in [0.29, 0.717) is 18.0 Å². The van der Waals surface area contributed by atoms with Crippen molar-refractivity contribution in [3.8, 4) is 5.82 Å². The van der Waals surface area contributed by atoms with Crippen LogP contribution in [0.4, 0.5) is 38.0 Å². The molecule has 1 N–H and O–H groups in total. The second-order valence-corrected chi connectivity index (χ2v) is 6.31. The van der Waals surface area contributed by atoms with Crippen molar-refractivity contribution in [1.82, 2.24) is 19.5 Å². The molecule has 4 aromatic rings. The van der Waals surface area contributed by atoms with Gasteiger partial charge in [0.25, 0.3) is 0 Å². The third kappa shape index (κ3) is 3.53. The molecule has 0 aliphatic rings. The molecule has 0 aliphatic carbocycles. The van der Waals surface area contributed by atoms with Gasteiger partial charge in [0, 0.05) is 24.0 Å². The van der Waals surface area contributed by atoms with Gasteiger partial charge in [0.15, 0.2) is 11.6 Å². The average molecular weight is 423 g/mol. The van der Waals surface area contributed by atoms with Crippen LogP contribution in [-0.2, 0) is 6.18 Å². The molecule has 0 unspecified atom stereocenters. The standard InChI is InChI=1S/C19H11F6N5/c1-9-27-15-7-13(21)14(22)8-16(15)30(9)17-4-5-26-18(29-17)28-10-2-3-11(12(20)6-10)19(23,24)25/h2-8H,1H3,(H,26,28,29). The number of anilines is 2. The summed E-state index contributed by atoms with van der Waals surface area (Å²) in [6.07, 6.45) is -3.47. The number of nitrogens with zero attached hydrogens (tertiary/aromatic N) is 4. The highest BCUT2D eigenvalue weighted by Crippen LogP contribution is 2.33. The molecule has 0 radical (unpaired) electrons. The Labute approximate surface area is 165 Å². The lowest BCUT2D eigenvalue weighted by molar-refractivity contribution is -0.139. The molecule has 4 rings (SSSR count). The number of halogens is 6. The van der Waals surface area contributed by atoms with E-state index in [9.17, 15) is 26.3 Å². The minimum atomic E-state index is -4.81. The summed E-state index contributed by atoms with van der Waals surface area (Å²) < 4.78 is 80.5. The normalized spacial score (nSPS) is 11.8. The second-order valence-electron chi connectivity index (χ2n) is 6.31. The van der Waals surface area contributed by atoms with Crippen LogP contribution in [0.2, 0.25) is 0 Å². The van der Waals surface area contributed by atoms with Gasteiger partial charge in [0.2, 0.25) is 5.95 Å². The largest absolute Gasteiger partial charge is 0.419 e. The summed E-state index contributed by atoms with van der Waals surface area (Å²) in [5.41, 5.74) is -0.920. The lowest BCUT2D eigenvalue weighted by Crippen LogP contribution is -2.09. The van der Waals surface area contributed by atoms with Crippen molar-refractivity contribution in [3.63, 3.8) is 0 Å². The number of nitrogens with one attached hydrogen (secondary N) is 1. The third-order valence-corrected chi connectivity index (χ3v) is 4.26. The smallest absolute Gasteiger partial charge is 0.324 e. The minimum absolute atomic E-state index is 0.00187. The molecule has 0 spiro atoms. The predicted octanol–water partition coefficient (Wildman–Crippen LogP) is 5.30. The molecule has 2 aromatic carbocycles. The fraction of sp³-hybridized carbons (Fsp3) is 0.105. The number of hydrogen-bond donors (Lipinski definition) is 1. The summed E-state index contributed by atoms with van der Waals surface area (Å²) >= 11 is 0. The molecule has 0 bridgehead atoms. The monoisotopic (exact) mass is 423 g/mol. The maximum absolute atomic E-state index is 13.8. The van der Waals surface area contributed by atoms with Crippen molar-refractivity contribution >= 4 is 22.7 Å². The van der Waals surface area contributed by atoms with Gasteiger partial charge in [-0.25, -0.2) is 23.1 Å². The number of imidazole rings is 1. The van der Waals surface area contributed by atoms with Crippen molar-refractivity contribution in [2.24, 2.45) is 0 Å². The summed E-state index contributed by atoms with van der Waals surface area (Å²) in [5, 5.41) is 2.62. The number of aryl methyl sites for hydroxylation is 1. The topological polar surface area (TPSA) is 55.6 Å². The minimum Gasteiger partial charge on any atom is -0.324 e. The van der Waals surface area contributed by atoms with E-state index in [4.69, 9.17) is 0 Å². The second kappa shape index (κ2) is 7.01. The molecule has 2 aromatic heterocycles. The molecule has 0 fully saturated rings. The molecular formula is C19H11F6N5. The van der Waals surface area contributed by atoms with E-state index in [1.165, 1.54) is 16.8 Å². The zero-order chi connectivity index (χ0) is 21.6. The Bertz CT molecular complexity index is 1260. The average Bonchev–Trinajstić information content (AvgIpc) is 2.96. The van der Waals surface area contributed by atoms with Crippen LogP contribution in [0.25, 0.3) is 16.9 Å². The zero-order valence-corrected chi connectivity index (χ0v) is 15.1. The SMILES string of the molecule is Cc1nc2cc(F)c(F)cc2n1-c1ccnc(Nc2ccc(C(F)(F)F)c(F)c2)n1. The zero-order valence-electron chi connectivity index (χ0n) is 15.1. The first-order valence-electron chi connectivity index (χ1n) is 8.45. The fourth-order valence-electron chi connectivity index (χ4n) is 2.97. The van der Waals surface area contributed by atoms with Gasteiger partial charge in [0.05, 0.1) is 16.6 Å². The number of alkyl halides is 3. The summed E-state index contributed by atoms with van der Waals surface area (Å²) in [7, 11) is 0. The molecule has 0 atom stereocenters. The van der Waals surface area contributed by atoms with Gasteiger partial charge < -0.3 is 5.32 Å². The molecule has 0 saturated heterocycles. The van der Waals surface area contributed by atoms with Crippen molar-refractivity contribution in [3.05, 3.63) is 71.4 Å². The first-order valence-corrected chi connectivity index (χ1v) is 8.45. The molecule has 154 valence electrons. The van der Waals surface area contributed by atoms with E-state index in [0.717, 1.165) is 18.2 Å². The van der Waals surface area contributed by atoms with Crippen LogP contribution in [0.1, 0.15) is 11.4 Å². The predicted molar refractivity (Wildman–Crippen MR) is 96.0 cm³/mol. The Balaban J connectivity index is 1.71. The molecule has 11 heteroatoms. The quantitative estimate of drug-likeness (QED) is 0.454. The van der Waals surface area contributed by atoms with Crippen LogP contribution in [0, 0.1) is 24.4 Å². The van der Waals surface area contributed by atoms with Gasteiger partial charge >= 0.3 is 6.18 Å². The number of hydrogen-bond acceptors (Lipinski definition) is 4. The van der Waals surface area contributed by atoms with Gasteiger partial charge in [-0.05, 0) is 31.2 Å². The van der Waals surface area contributed by atoms with E-state index in [2.05, 4.69) is 20.3 Å². The Morgan fingerprint density at radius 1 is 0.900 bits per heavy atom. The van der Waals surface area contributed by atoms with E-state index in [1.807, 2.05) is 0 Å². The highest BCUT2D eigenvalue weighted by atomic mass is 19.4. The van der Waals surface area contributed by atoms with E-state index >= 15 is 0 Å². The van der Waals surface area contributed by atoms with Crippen LogP contribution >= 0.6 is 0 Å². The summed E-state index contributed by atoms with van der Waals surface area (Å²) in [6, 6.07) is 5.73. The molecule has 0 aliphatic heterocycles. The van der Waals surface area contributed by atoms with Crippen molar-refractivity contribution in [2.75, 3.05) is 5.32 Å². The van der Waals surface area contributed by atoms with Crippen molar-refractivity contribution in [2.45, 2.75) is 13.1 Å². The maximum Gasteiger partial charge on any atom is 0.419 e. The van der Waals surface area contributed by atoms with E-state index in [1.54, 1.807) is 6.92 Å². The van der Waals surface area contributed by atoms with Gasteiger partial charge in [-0.3, -0.25) is 4.57 Å².